The number of hydroxylamine groups is 2. The Morgan fingerprint density at radius 1 is 1.17 bits per heavy atom. The molecule has 0 aromatic rings. The maximum atomic E-state index is 12.6. The molecule has 106 valence electrons. The van der Waals surface area contributed by atoms with Crippen molar-refractivity contribution in [2.45, 2.75) is 58.5 Å². The Balaban J connectivity index is 3.28. The molecule has 1 aliphatic rings. The molecule has 0 aromatic carbocycles. The van der Waals surface area contributed by atoms with Crippen LogP contribution in [0.5, 0.6) is 0 Å². The molecule has 1 heterocycles. The topological polar surface area (TPSA) is 48.0 Å². The molecule has 0 aromatic heterocycles. The smallest absolute Gasteiger partial charge is 0.281 e. The van der Waals surface area contributed by atoms with Crippen LogP contribution in [-0.4, -0.2) is 42.1 Å². The number of hydrogen-bond donors (Lipinski definition) is 0. The van der Waals surface area contributed by atoms with Crippen LogP contribution in [0.3, 0.4) is 0 Å². The second-order valence-corrected chi connectivity index (χ2v) is 5.99. The normalized spacial score (nSPS) is 29.6. The highest BCUT2D eigenvalue weighted by atomic mass is 16.8. The summed E-state index contributed by atoms with van der Waals surface area (Å²) < 4.78 is 11.9. The Bertz CT molecular complexity index is 338. The van der Waals surface area contributed by atoms with Gasteiger partial charge in [0.2, 0.25) is 0 Å². The molecule has 0 N–H and O–H groups in total. The summed E-state index contributed by atoms with van der Waals surface area (Å²) >= 11 is 0. The Morgan fingerprint density at radius 3 is 1.94 bits per heavy atom. The summed E-state index contributed by atoms with van der Waals surface area (Å²) in [5.41, 5.74) is -1.78. The molecule has 0 aliphatic carbocycles. The molecule has 0 radical (unpaired) electrons. The van der Waals surface area contributed by atoms with Gasteiger partial charge in [0.25, 0.3) is 5.91 Å². The molecular formula is C13H25NO4. The van der Waals surface area contributed by atoms with E-state index in [4.69, 9.17) is 14.3 Å². The van der Waals surface area contributed by atoms with Crippen molar-refractivity contribution in [3.05, 3.63) is 0 Å². The lowest BCUT2D eigenvalue weighted by atomic mass is 9.76. The lowest BCUT2D eigenvalue weighted by Gasteiger charge is -2.41. The minimum absolute atomic E-state index is 0.0422. The van der Waals surface area contributed by atoms with E-state index in [0.717, 1.165) is 0 Å². The summed E-state index contributed by atoms with van der Waals surface area (Å²) in [6, 6.07) is 0. The third-order valence-electron chi connectivity index (χ3n) is 3.49. The molecule has 0 saturated carbocycles. The second kappa shape index (κ2) is 4.47. The summed E-state index contributed by atoms with van der Waals surface area (Å²) in [5.74, 6) is -1.06. The molecule has 18 heavy (non-hydrogen) atoms. The van der Waals surface area contributed by atoms with E-state index in [0.29, 0.717) is 0 Å². The highest BCUT2D eigenvalue weighted by Gasteiger charge is 2.65. The molecule has 1 aliphatic heterocycles. The molecular weight excluding hydrogens is 234 g/mol. The van der Waals surface area contributed by atoms with Crippen LogP contribution in [0.1, 0.15) is 41.5 Å². The predicted octanol–water partition coefficient (Wildman–Crippen LogP) is 1.96. The molecule has 1 amide bonds. The number of ether oxygens (including phenoxy) is 2. The van der Waals surface area contributed by atoms with Crippen molar-refractivity contribution in [1.82, 2.24) is 5.06 Å². The molecule has 5 heteroatoms. The third-order valence-corrected chi connectivity index (χ3v) is 3.49. The molecule has 1 rings (SSSR count). The second-order valence-electron chi connectivity index (χ2n) is 5.99. The van der Waals surface area contributed by atoms with Crippen molar-refractivity contribution in [2.75, 3.05) is 14.2 Å². The summed E-state index contributed by atoms with van der Waals surface area (Å²) in [6.07, 6.45) is 0. The van der Waals surface area contributed by atoms with Crippen LogP contribution in [-0.2, 0) is 19.1 Å². The standard InChI is InChI=1S/C13H25NO4/c1-9(2)13(10(15)14(7)16-8)11(3,4)17-12(5,6)18-13/h9H,1-8H3/t13-/m0/s1. The number of carbonyl (C=O) groups is 1. The minimum Gasteiger partial charge on any atom is -0.341 e. The van der Waals surface area contributed by atoms with Gasteiger partial charge in [-0.2, -0.15) is 0 Å². The van der Waals surface area contributed by atoms with Crippen LogP contribution >= 0.6 is 0 Å². The van der Waals surface area contributed by atoms with Gasteiger partial charge in [-0.15, -0.1) is 0 Å². The highest BCUT2D eigenvalue weighted by Crippen LogP contribution is 2.48. The van der Waals surface area contributed by atoms with Gasteiger partial charge in [0.15, 0.2) is 11.4 Å². The van der Waals surface area contributed by atoms with E-state index in [1.165, 1.54) is 12.2 Å². The van der Waals surface area contributed by atoms with Crippen molar-refractivity contribution in [3.63, 3.8) is 0 Å². The SMILES string of the molecule is CON(C)C(=O)[C@]1(C(C)C)OC(C)(C)OC1(C)C. The first-order valence-electron chi connectivity index (χ1n) is 6.23. The largest absolute Gasteiger partial charge is 0.341 e. The number of amides is 1. The van der Waals surface area contributed by atoms with Gasteiger partial charge in [-0.05, 0) is 33.6 Å². The van der Waals surface area contributed by atoms with E-state index in [9.17, 15) is 4.79 Å². The fourth-order valence-electron chi connectivity index (χ4n) is 2.90. The van der Waals surface area contributed by atoms with Crippen LogP contribution in [0.25, 0.3) is 0 Å². The monoisotopic (exact) mass is 259 g/mol. The number of hydrogen-bond acceptors (Lipinski definition) is 4. The van der Waals surface area contributed by atoms with Crippen LogP contribution in [0.4, 0.5) is 0 Å². The minimum atomic E-state index is -1.05. The first-order chi connectivity index (χ1) is 8.00. The van der Waals surface area contributed by atoms with Gasteiger partial charge in [-0.1, -0.05) is 13.8 Å². The van der Waals surface area contributed by atoms with E-state index in [-0.39, 0.29) is 11.8 Å². The van der Waals surface area contributed by atoms with Crippen molar-refractivity contribution >= 4 is 5.91 Å². The van der Waals surface area contributed by atoms with Crippen LogP contribution in [0, 0.1) is 5.92 Å². The maximum Gasteiger partial charge on any atom is 0.281 e. The lowest BCUT2D eigenvalue weighted by molar-refractivity contribution is -0.211. The summed E-state index contributed by atoms with van der Waals surface area (Å²) in [4.78, 5) is 17.6. The van der Waals surface area contributed by atoms with Crippen LogP contribution in [0.2, 0.25) is 0 Å². The van der Waals surface area contributed by atoms with E-state index in [1.807, 2.05) is 41.5 Å². The Kier molecular flexibility index (Phi) is 3.83. The van der Waals surface area contributed by atoms with Gasteiger partial charge in [-0.3, -0.25) is 9.63 Å². The molecule has 0 spiro atoms. The van der Waals surface area contributed by atoms with Crippen molar-refractivity contribution in [3.8, 4) is 0 Å². The Hall–Kier alpha value is -0.650. The maximum absolute atomic E-state index is 12.6. The van der Waals surface area contributed by atoms with E-state index < -0.39 is 17.0 Å². The molecule has 5 nitrogen and oxygen atoms in total. The van der Waals surface area contributed by atoms with Crippen molar-refractivity contribution in [2.24, 2.45) is 5.92 Å². The average Bonchev–Trinajstić information content (AvgIpc) is 2.41. The zero-order chi connectivity index (χ0) is 14.4. The third kappa shape index (κ3) is 2.15. The zero-order valence-electron chi connectivity index (χ0n) is 12.7. The van der Waals surface area contributed by atoms with Crippen molar-refractivity contribution < 1.29 is 19.1 Å². The van der Waals surface area contributed by atoms with Gasteiger partial charge in [0, 0.05) is 7.05 Å². The summed E-state index contributed by atoms with van der Waals surface area (Å²) in [5, 5.41) is 1.20. The number of likely N-dealkylation sites (N-methyl/N-ethyl adjacent to an activating group) is 1. The number of carbonyl (C=O) groups excluding carboxylic acids is 1. The molecule has 0 bridgehead atoms. The highest BCUT2D eigenvalue weighted by molar-refractivity contribution is 5.86. The van der Waals surface area contributed by atoms with Crippen LogP contribution in [0.15, 0.2) is 0 Å². The lowest BCUT2D eigenvalue weighted by Crippen LogP contribution is -2.61. The predicted molar refractivity (Wildman–Crippen MR) is 67.7 cm³/mol. The average molecular weight is 259 g/mol. The summed E-state index contributed by atoms with van der Waals surface area (Å²) in [6.45, 7) is 11.3. The molecule has 0 unspecified atom stereocenters. The number of nitrogens with zero attached hydrogens (tertiary/aromatic N) is 1. The first-order valence-corrected chi connectivity index (χ1v) is 6.23. The van der Waals surface area contributed by atoms with E-state index in [1.54, 1.807) is 7.05 Å². The van der Waals surface area contributed by atoms with Gasteiger partial charge >= 0.3 is 0 Å². The van der Waals surface area contributed by atoms with Gasteiger partial charge in [-0.25, -0.2) is 5.06 Å². The van der Waals surface area contributed by atoms with Gasteiger partial charge < -0.3 is 9.47 Å². The quantitative estimate of drug-likeness (QED) is 0.727. The molecule has 1 fully saturated rings. The van der Waals surface area contributed by atoms with E-state index >= 15 is 0 Å². The fraction of sp³-hybridized carbons (Fsp3) is 0.923. The Morgan fingerprint density at radius 2 is 1.67 bits per heavy atom. The van der Waals surface area contributed by atoms with Crippen molar-refractivity contribution in [1.29, 1.82) is 0 Å². The molecule has 1 atom stereocenters. The van der Waals surface area contributed by atoms with E-state index in [2.05, 4.69) is 0 Å². The van der Waals surface area contributed by atoms with Gasteiger partial charge in [0.1, 0.15) is 5.60 Å². The zero-order valence-corrected chi connectivity index (χ0v) is 12.7. The first kappa shape index (κ1) is 15.4. The fourth-order valence-corrected chi connectivity index (χ4v) is 2.90. The number of rotatable bonds is 3. The van der Waals surface area contributed by atoms with Gasteiger partial charge in [0.05, 0.1) is 7.11 Å². The molecule has 1 saturated heterocycles. The Labute approximate surface area is 109 Å². The van der Waals surface area contributed by atoms with Crippen LogP contribution < -0.4 is 0 Å². The summed E-state index contributed by atoms with van der Waals surface area (Å²) in [7, 11) is 3.04.